The number of carbonyl (C=O) groups is 1. The number of aromatic nitrogens is 3. The number of hydrogen-bond acceptors (Lipinski definition) is 4. The van der Waals surface area contributed by atoms with E-state index in [1.165, 1.54) is 0 Å². The number of anilines is 1. The molecule has 0 unspecified atom stereocenters. The first-order valence-corrected chi connectivity index (χ1v) is 7.95. The Bertz CT molecular complexity index is 710. The smallest absolute Gasteiger partial charge is 0.320 e. The molecule has 2 amide bonds. The number of nitrogens with zero attached hydrogens (tertiary/aromatic N) is 4. The Hall–Kier alpha value is -2.41. The maximum absolute atomic E-state index is 12.5. The molecule has 2 aliphatic rings. The third kappa shape index (κ3) is 2.57. The zero-order valence-corrected chi connectivity index (χ0v) is 13.1. The van der Waals surface area contributed by atoms with Crippen molar-refractivity contribution in [1.29, 1.82) is 0 Å². The van der Waals surface area contributed by atoms with Crippen LogP contribution in [0.25, 0.3) is 11.4 Å². The number of urea groups is 1. The minimum Gasteiger partial charge on any atom is -0.320 e. The molecular formula is C16H20N6O. The molecule has 7 nitrogen and oxygen atoms in total. The average Bonchev–Trinajstić information content (AvgIpc) is 3.24. The van der Waals surface area contributed by atoms with Gasteiger partial charge in [-0.25, -0.2) is 4.79 Å². The number of rotatable bonds is 2. The van der Waals surface area contributed by atoms with E-state index < -0.39 is 0 Å². The molecule has 0 saturated carbocycles. The van der Waals surface area contributed by atoms with E-state index in [4.69, 9.17) is 0 Å². The SMILES string of the molecule is Cn1cnnc1-c1ccc(NC(=O)N2CC[C@H]3CNC[C@H]32)cc1. The quantitative estimate of drug-likeness (QED) is 0.877. The number of hydrogen-bond donors (Lipinski definition) is 2. The van der Waals surface area contributed by atoms with Crippen molar-refractivity contribution in [3.63, 3.8) is 0 Å². The summed E-state index contributed by atoms with van der Waals surface area (Å²) in [5.74, 6) is 1.42. The fraction of sp³-hybridized carbons (Fsp3) is 0.438. The summed E-state index contributed by atoms with van der Waals surface area (Å²) < 4.78 is 1.87. The van der Waals surface area contributed by atoms with Crippen molar-refractivity contribution < 1.29 is 4.79 Å². The van der Waals surface area contributed by atoms with Crippen molar-refractivity contribution in [3.8, 4) is 11.4 Å². The molecule has 2 saturated heterocycles. The highest BCUT2D eigenvalue weighted by atomic mass is 16.2. The van der Waals surface area contributed by atoms with Crippen LogP contribution in [-0.4, -0.2) is 51.4 Å². The van der Waals surface area contributed by atoms with E-state index in [1.807, 2.05) is 40.8 Å². The van der Waals surface area contributed by atoms with E-state index in [-0.39, 0.29) is 6.03 Å². The zero-order chi connectivity index (χ0) is 15.8. The van der Waals surface area contributed by atoms with Crippen LogP contribution in [0.2, 0.25) is 0 Å². The molecule has 1 aromatic heterocycles. The van der Waals surface area contributed by atoms with Crippen molar-refractivity contribution in [2.45, 2.75) is 12.5 Å². The van der Waals surface area contributed by atoms with E-state index in [0.29, 0.717) is 12.0 Å². The molecular weight excluding hydrogens is 292 g/mol. The van der Waals surface area contributed by atoms with Gasteiger partial charge in [0.25, 0.3) is 0 Å². The summed E-state index contributed by atoms with van der Waals surface area (Å²) in [6, 6.07) is 8.04. The number of likely N-dealkylation sites (tertiary alicyclic amines) is 1. The lowest BCUT2D eigenvalue weighted by atomic mass is 10.1. The van der Waals surface area contributed by atoms with E-state index in [2.05, 4.69) is 20.8 Å². The van der Waals surface area contributed by atoms with Gasteiger partial charge in [0.05, 0.1) is 0 Å². The van der Waals surface area contributed by atoms with Crippen LogP contribution in [0.4, 0.5) is 10.5 Å². The van der Waals surface area contributed by atoms with Crippen LogP contribution in [0.15, 0.2) is 30.6 Å². The highest BCUT2D eigenvalue weighted by Crippen LogP contribution is 2.28. The Balaban J connectivity index is 1.45. The molecule has 2 fully saturated rings. The van der Waals surface area contributed by atoms with Gasteiger partial charge in [-0.05, 0) is 36.6 Å². The molecule has 1 aromatic carbocycles. The molecule has 7 heteroatoms. The van der Waals surface area contributed by atoms with Gasteiger partial charge in [0.2, 0.25) is 0 Å². The molecule has 0 spiro atoms. The standard InChI is InChI=1S/C16H20N6O/c1-21-10-18-20-15(21)11-2-4-13(5-3-11)19-16(23)22-7-6-12-8-17-9-14(12)22/h2-5,10,12,14,17H,6-9H2,1H3,(H,19,23)/t12-,14+/m0/s1. The Morgan fingerprint density at radius 3 is 2.87 bits per heavy atom. The van der Waals surface area contributed by atoms with E-state index in [0.717, 1.165) is 43.1 Å². The molecule has 2 aromatic rings. The van der Waals surface area contributed by atoms with Crippen LogP contribution < -0.4 is 10.6 Å². The van der Waals surface area contributed by atoms with Crippen molar-refractivity contribution in [2.75, 3.05) is 25.0 Å². The maximum Gasteiger partial charge on any atom is 0.322 e. The van der Waals surface area contributed by atoms with Crippen LogP contribution in [0.3, 0.4) is 0 Å². The molecule has 2 atom stereocenters. The summed E-state index contributed by atoms with van der Waals surface area (Å²) in [5.41, 5.74) is 1.78. The zero-order valence-electron chi connectivity index (χ0n) is 13.1. The number of carbonyl (C=O) groups excluding carboxylic acids is 1. The normalized spacial score (nSPS) is 23.1. The molecule has 120 valence electrons. The Morgan fingerprint density at radius 1 is 1.30 bits per heavy atom. The molecule has 2 aliphatic heterocycles. The lowest BCUT2D eigenvalue weighted by Crippen LogP contribution is -2.41. The molecule has 0 aliphatic carbocycles. The van der Waals surface area contributed by atoms with E-state index in [1.54, 1.807) is 6.33 Å². The second-order valence-corrected chi connectivity index (χ2v) is 6.24. The molecule has 3 heterocycles. The fourth-order valence-corrected chi connectivity index (χ4v) is 3.54. The highest BCUT2D eigenvalue weighted by Gasteiger charge is 2.39. The number of fused-ring (bicyclic) bond motifs is 1. The second kappa shape index (κ2) is 5.66. The fourth-order valence-electron chi connectivity index (χ4n) is 3.54. The molecule has 0 radical (unpaired) electrons. The molecule has 4 rings (SSSR count). The van der Waals surface area contributed by atoms with E-state index >= 15 is 0 Å². The van der Waals surface area contributed by atoms with Crippen molar-refractivity contribution in [2.24, 2.45) is 13.0 Å². The Morgan fingerprint density at radius 2 is 2.13 bits per heavy atom. The monoisotopic (exact) mass is 312 g/mol. The minimum atomic E-state index is -0.00684. The Labute approximate surface area is 134 Å². The number of aryl methyl sites for hydroxylation is 1. The minimum absolute atomic E-state index is 0.00684. The van der Waals surface area contributed by atoms with Gasteiger partial charge in [0.15, 0.2) is 5.82 Å². The maximum atomic E-state index is 12.5. The van der Waals surface area contributed by atoms with Gasteiger partial charge in [0.1, 0.15) is 6.33 Å². The van der Waals surface area contributed by atoms with Crippen LogP contribution in [0, 0.1) is 5.92 Å². The first-order chi connectivity index (χ1) is 11.2. The van der Waals surface area contributed by atoms with Gasteiger partial charge in [-0.2, -0.15) is 0 Å². The second-order valence-electron chi connectivity index (χ2n) is 6.24. The topological polar surface area (TPSA) is 75.1 Å². The molecule has 0 bridgehead atoms. The van der Waals surface area contributed by atoms with Gasteiger partial charge in [-0.3, -0.25) is 0 Å². The predicted molar refractivity (Wildman–Crippen MR) is 86.9 cm³/mol. The van der Waals surface area contributed by atoms with Gasteiger partial charge in [-0.1, -0.05) is 0 Å². The first-order valence-electron chi connectivity index (χ1n) is 7.95. The highest BCUT2D eigenvalue weighted by molar-refractivity contribution is 5.90. The summed E-state index contributed by atoms with van der Waals surface area (Å²) in [4.78, 5) is 14.4. The van der Waals surface area contributed by atoms with Crippen LogP contribution in [-0.2, 0) is 7.05 Å². The van der Waals surface area contributed by atoms with Crippen LogP contribution >= 0.6 is 0 Å². The van der Waals surface area contributed by atoms with Gasteiger partial charge >= 0.3 is 6.03 Å². The van der Waals surface area contributed by atoms with Gasteiger partial charge in [0, 0.05) is 44.0 Å². The predicted octanol–water partition coefficient (Wildman–Crippen LogP) is 1.31. The van der Waals surface area contributed by atoms with Gasteiger partial charge < -0.3 is 20.1 Å². The van der Waals surface area contributed by atoms with Crippen molar-refractivity contribution >= 4 is 11.7 Å². The van der Waals surface area contributed by atoms with Crippen molar-refractivity contribution in [3.05, 3.63) is 30.6 Å². The first kappa shape index (κ1) is 14.2. The van der Waals surface area contributed by atoms with Gasteiger partial charge in [-0.15, -0.1) is 10.2 Å². The lowest BCUT2D eigenvalue weighted by molar-refractivity contribution is 0.206. The summed E-state index contributed by atoms with van der Waals surface area (Å²) in [6.07, 6.45) is 2.76. The number of amides is 2. The van der Waals surface area contributed by atoms with E-state index in [9.17, 15) is 4.79 Å². The third-order valence-corrected chi connectivity index (χ3v) is 4.81. The number of nitrogens with one attached hydrogen (secondary N) is 2. The number of benzene rings is 1. The summed E-state index contributed by atoms with van der Waals surface area (Å²) >= 11 is 0. The summed E-state index contributed by atoms with van der Waals surface area (Å²) in [6.45, 7) is 2.78. The van der Waals surface area contributed by atoms with Crippen LogP contribution in [0.1, 0.15) is 6.42 Å². The average molecular weight is 312 g/mol. The summed E-state index contributed by atoms with van der Waals surface area (Å²) in [7, 11) is 1.91. The lowest BCUT2D eigenvalue weighted by Gasteiger charge is -2.23. The summed E-state index contributed by atoms with van der Waals surface area (Å²) in [5, 5.41) is 14.3. The molecule has 23 heavy (non-hydrogen) atoms. The van der Waals surface area contributed by atoms with Crippen LogP contribution in [0.5, 0.6) is 0 Å². The van der Waals surface area contributed by atoms with Crippen molar-refractivity contribution in [1.82, 2.24) is 25.0 Å². The largest absolute Gasteiger partial charge is 0.322 e. The molecule has 2 N–H and O–H groups in total. The third-order valence-electron chi connectivity index (χ3n) is 4.81. The Kier molecular flexibility index (Phi) is 3.49.